The average Bonchev–Trinajstić information content (AvgIpc) is 3.06. The minimum absolute atomic E-state index is 0.113. The maximum absolute atomic E-state index is 13.0. The van der Waals surface area contributed by atoms with E-state index in [4.69, 9.17) is 5.73 Å². The van der Waals surface area contributed by atoms with Crippen LogP contribution in [0.3, 0.4) is 0 Å². The van der Waals surface area contributed by atoms with E-state index in [0.717, 1.165) is 19.3 Å². The fraction of sp³-hybridized carbons (Fsp3) is 0.217. The molecule has 0 saturated carbocycles. The number of nitrogens with zero attached hydrogens (tertiary/aromatic N) is 4. The van der Waals surface area contributed by atoms with E-state index in [1.165, 1.54) is 23.0 Å². The Morgan fingerprint density at radius 2 is 1.88 bits per heavy atom. The zero-order valence-electron chi connectivity index (χ0n) is 17.6. The Hall–Kier alpha value is -4.14. The highest BCUT2D eigenvalue weighted by molar-refractivity contribution is 6.10. The summed E-state index contributed by atoms with van der Waals surface area (Å²) >= 11 is 0. The van der Waals surface area contributed by atoms with E-state index in [0.29, 0.717) is 34.3 Å². The van der Waals surface area contributed by atoms with E-state index >= 15 is 0 Å². The number of nitrogens with two attached hydrogens (primary N) is 1. The molecule has 2 heterocycles. The summed E-state index contributed by atoms with van der Waals surface area (Å²) in [7, 11) is 0. The Morgan fingerprint density at radius 1 is 1.12 bits per heavy atom. The molecular weight excluding hydrogens is 408 g/mol. The van der Waals surface area contributed by atoms with E-state index in [9.17, 15) is 15.0 Å². The molecule has 2 aromatic carbocycles. The molecule has 32 heavy (non-hydrogen) atoms. The van der Waals surface area contributed by atoms with Gasteiger partial charge >= 0.3 is 0 Å². The standard InChI is InChI=1S/C23H24N6O3/c1-2-3-6-11-25-23(32)19-20-22(28-16-8-5-4-7-15(16)27-20)29(21(19)24)26-13-14-9-10-17(30)18(31)12-14/h4-5,7-10,12-13,30-31H,2-3,6,11,24H2,1H3,(H,25,32)/b26-13-. The number of amides is 1. The van der Waals surface area contributed by atoms with Gasteiger partial charge in [-0.2, -0.15) is 9.78 Å². The van der Waals surface area contributed by atoms with Crippen LogP contribution in [-0.2, 0) is 0 Å². The van der Waals surface area contributed by atoms with Gasteiger partial charge in [0.05, 0.1) is 17.2 Å². The van der Waals surface area contributed by atoms with Crippen molar-refractivity contribution in [1.82, 2.24) is 20.0 Å². The maximum Gasteiger partial charge on any atom is 0.257 e. The first kappa shape index (κ1) is 21.1. The number of phenols is 2. The lowest BCUT2D eigenvalue weighted by atomic mass is 10.2. The summed E-state index contributed by atoms with van der Waals surface area (Å²) < 4.78 is 1.36. The molecule has 0 saturated heterocycles. The molecule has 0 radical (unpaired) electrons. The van der Waals surface area contributed by atoms with Crippen LogP contribution in [0.25, 0.3) is 22.2 Å². The third kappa shape index (κ3) is 4.04. The van der Waals surface area contributed by atoms with E-state index in [1.54, 1.807) is 6.07 Å². The third-order valence-corrected chi connectivity index (χ3v) is 5.09. The molecule has 0 aliphatic carbocycles. The lowest BCUT2D eigenvalue weighted by Gasteiger charge is -2.05. The van der Waals surface area contributed by atoms with Crippen molar-refractivity contribution in [3.8, 4) is 11.5 Å². The molecular formula is C23H24N6O3. The fourth-order valence-corrected chi connectivity index (χ4v) is 3.40. The minimum Gasteiger partial charge on any atom is -0.504 e. The Bertz CT molecular complexity index is 1330. The molecule has 0 aliphatic heterocycles. The lowest BCUT2D eigenvalue weighted by molar-refractivity contribution is 0.0955. The number of hydrogen-bond acceptors (Lipinski definition) is 7. The van der Waals surface area contributed by atoms with Gasteiger partial charge in [0.15, 0.2) is 17.1 Å². The zero-order chi connectivity index (χ0) is 22.7. The van der Waals surface area contributed by atoms with Gasteiger partial charge in [-0.3, -0.25) is 4.79 Å². The third-order valence-electron chi connectivity index (χ3n) is 5.09. The highest BCUT2D eigenvalue weighted by Gasteiger charge is 2.23. The number of unbranched alkanes of at least 4 members (excludes halogenated alkanes) is 2. The number of hydrogen-bond donors (Lipinski definition) is 4. The molecule has 9 nitrogen and oxygen atoms in total. The summed E-state index contributed by atoms with van der Waals surface area (Å²) in [5.74, 6) is -0.711. The number of fused-ring (bicyclic) bond motifs is 2. The molecule has 0 unspecified atom stereocenters. The first-order valence-electron chi connectivity index (χ1n) is 10.4. The number of nitrogens with one attached hydrogen (secondary N) is 1. The average molecular weight is 432 g/mol. The number of anilines is 1. The number of carbonyl (C=O) groups excluding carboxylic acids is 1. The predicted octanol–water partition coefficient (Wildman–Crippen LogP) is 3.38. The molecule has 1 amide bonds. The van der Waals surface area contributed by atoms with E-state index < -0.39 is 0 Å². The van der Waals surface area contributed by atoms with Gasteiger partial charge in [-0.25, -0.2) is 9.97 Å². The minimum atomic E-state index is -0.329. The van der Waals surface area contributed by atoms with Crippen LogP contribution in [0.2, 0.25) is 0 Å². The van der Waals surface area contributed by atoms with Crippen LogP contribution < -0.4 is 11.1 Å². The lowest BCUT2D eigenvalue weighted by Crippen LogP contribution is -2.25. The van der Waals surface area contributed by atoms with Crippen LogP contribution in [0.15, 0.2) is 47.6 Å². The van der Waals surface area contributed by atoms with Gasteiger partial charge in [0.25, 0.3) is 5.91 Å². The molecule has 0 atom stereocenters. The molecule has 4 aromatic rings. The van der Waals surface area contributed by atoms with Crippen molar-refractivity contribution < 1.29 is 15.0 Å². The Balaban J connectivity index is 1.81. The number of benzene rings is 2. The normalized spacial score (nSPS) is 11.5. The molecule has 5 N–H and O–H groups in total. The number of phenolic OH excluding ortho intramolecular Hbond substituents is 2. The van der Waals surface area contributed by atoms with Crippen molar-refractivity contribution in [3.05, 3.63) is 53.6 Å². The van der Waals surface area contributed by atoms with Crippen LogP contribution in [0.4, 0.5) is 5.82 Å². The molecule has 0 bridgehead atoms. The summed E-state index contributed by atoms with van der Waals surface area (Å²) in [6.45, 7) is 2.63. The highest BCUT2D eigenvalue weighted by Crippen LogP contribution is 2.28. The Kier molecular flexibility index (Phi) is 5.89. The van der Waals surface area contributed by atoms with Crippen molar-refractivity contribution in [2.24, 2.45) is 5.10 Å². The number of para-hydroxylation sites is 2. The van der Waals surface area contributed by atoms with Gasteiger partial charge < -0.3 is 21.3 Å². The Labute approximate surface area is 184 Å². The van der Waals surface area contributed by atoms with Crippen molar-refractivity contribution in [1.29, 1.82) is 0 Å². The first-order valence-corrected chi connectivity index (χ1v) is 10.4. The van der Waals surface area contributed by atoms with Gasteiger partial charge in [0.1, 0.15) is 16.9 Å². The van der Waals surface area contributed by atoms with Crippen LogP contribution in [0.5, 0.6) is 11.5 Å². The number of nitrogen functional groups attached to an aromatic ring is 1. The number of carbonyl (C=O) groups is 1. The van der Waals surface area contributed by atoms with E-state index in [1.807, 2.05) is 24.3 Å². The summed E-state index contributed by atoms with van der Waals surface area (Å²) in [6, 6.07) is 11.6. The molecule has 0 fully saturated rings. The Morgan fingerprint density at radius 3 is 2.59 bits per heavy atom. The largest absolute Gasteiger partial charge is 0.504 e. The van der Waals surface area contributed by atoms with Gasteiger partial charge in [-0.05, 0) is 42.3 Å². The predicted molar refractivity (Wildman–Crippen MR) is 124 cm³/mol. The van der Waals surface area contributed by atoms with Crippen molar-refractivity contribution in [2.45, 2.75) is 26.2 Å². The van der Waals surface area contributed by atoms with Gasteiger partial charge in [0, 0.05) is 6.54 Å². The van der Waals surface area contributed by atoms with Crippen LogP contribution in [0.1, 0.15) is 42.1 Å². The van der Waals surface area contributed by atoms with E-state index in [-0.39, 0.29) is 28.8 Å². The van der Waals surface area contributed by atoms with Crippen LogP contribution in [-0.4, -0.2) is 43.5 Å². The summed E-state index contributed by atoms with van der Waals surface area (Å²) in [5.41, 5.74) is 9.09. The number of rotatable bonds is 7. The van der Waals surface area contributed by atoms with Crippen LogP contribution >= 0.6 is 0 Å². The monoisotopic (exact) mass is 432 g/mol. The molecule has 9 heteroatoms. The smallest absolute Gasteiger partial charge is 0.257 e. The molecule has 0 aliphatic rings. The molecule has 2 aromatic heterocycles. The van der Waals surface area contributed by atoms with Gasteiger partial charge in [0.2, 0.25) is 0 Å². The topological polar surface area (TPSA) is 139 Å². The maximum atomic E-state index is 13.0. The zero-order valence-corrected chi connectivity index (χ0v) is 17.6. The van der Waals surface area contributed by atoms with Gasteiger partial charge in [-0.1, -0.05) is 31.9 Å². The SMILES string of the molecule is CCCCCNC(=O)c1c(N)n(/N=C\c2ccc(O)c(O)c2)c2nc3ccccc3nc12. The van der Waals surface area contributed by atoms with Crippen molar-refractivity contribution >= 4 is 40.1 Å². The van der Waals surface area contributed by atoms with Gasteiger partial charge in [-0.15, -0.1) is 0 Å². The first-order chi connectivity index (χ1) is 15.5. The number of aromatic hydroxyl groups is 2. The second-order valence-corrected chi connectivity index (χ2v) is 7.41. The summed E-state index contributed by atoms with van der Waals surface area (Å²) in [4.78, 5) is 22.2. The summed E-state index contributed by atoms with van der Waals surface area (Å²) in [5, 5.41) is 26.5. The summed E-state index contributed by atoms with van der Waals surface area (Å²) in [6.07, 6.45) is 4.40. The van der Waals surface area contributed by atoms with Crippen LogP contribution in [0, 0.1) is 0 Å². The quantitative estimate of drug-likeness (QED) is 0.201. The van der Waals surface area contributed by atoms with Crippen molar-refractivity contribution in [2.75, 3.05) is 12.3 Å². The molecule has 4 rings (SSSR count). The molecule has 0 spiro atoms. The number of aromatic nitrogens is 3. The van der Waals surface area contributed by atoms with E-state index in [2.05, 4.69) is 27.3 Å². The molecule has 164 valence electrons. The fourth-order valence-electron chi connectivity index (χ4n) is 3.40. The van der Waals surface area contributed by atoms with Crippen molar-refractivity contribution in [3.63, 3.8) is 0 Å². The second kappa shape index (κ2) is 8.93. The second-order valence-electron chi connectivity index (χ2n) is 7.41. The highest BCUT2D eigenvalue weighted by atomic mass is 16.3.